The van der Waals surface area contributed by atoms with Crippen LogP contribution in [0.5, 0.6) is 5.75 Å². The van der Waals surface area contributed by atoms with E-state index in [-0.39, 0.29) is 11.7 Å². The summed E-state index contributed by atoms with van der Waals surface area (Å²) in [5.74, 6) is 0.190. The quantitative estimate of drug-likeness (QED) is 0.609. The number of rotatable bonds is 5. The summed E-state index contributed by atoms with van der Waals surface area (Å²) in [4.78, 5) is 12.6. The van der Waals surface area contributed by atoms with Crippen molar-refractivity contribution < 1.29 is 22.7 Å². The molecule has 1 aliphatic rings. The Morgan fingerprint density at radius 3 is 2.47 bits per heavy atom. The Balaban J connectivity index is 1.57. The number of hydrogen-bond acceptors (Lipinski definition) is 4. The number of benzene rings is 2. The van der Waals surface area contributed by atoms with Crippen molar-refractivity contribution in [1.29, 1.82) is 0 Å². The maximum absolute atomic E-state index is 12.8. The van der Waals surface area contributed by atoms with E-state index in [1.165, 1.54) is 0 Å². The number of carbonyl (C=O) groups excluding carboxylic acids is 1. The Labute approximate surface area is 183 Å². The fraction of sp³-hybridized carbons (Fsp3) is 0.304. The van der Waals surface area contributed by atoms with Crippen LogP contribution < -0.4 is 15.4 Å². The lowest BCUT2D eigenvalue weighted by Gasteiger charge is -2.25. The molecule has 0 atom stereocenters. The largest absolute Gasteiger partial charge is 0.490 e. The maximum Gasteiger partial charge on any atom is 0.416 e. The van der Waals surface area contributed by atoms with Crippen LogP contribution in [0.15, 0.2) is 54.7 Å². The fourth-order valence-electron chi connectivity index (χ4n) is 3.66. The van der Waals surface area contributed by atoms with Gasteiger partial charge < -0.3 is 15.4 Å². The summed E-state index contributed by atoms with van der Waals surface area (Å²) in [7, 11) is 1.82. The number of anilines is 1. The number of aryl methyl sites for hydroxylation is 1. The van der Waals surface area contributed by atoms with Crippen molar-refractivity contribution in [2.24, 2.45) is 7.05 Å². The molecule has 2 aromatic carbocycles. The van der Waals surface area contributed by atoms with Gasteiger partial charge in [0.25, 0.3) is 5.91 Å². The average molecular weight is 444 g/mol. The third kappa shape index (κ3) is 4.94. The highest BCUT2D eigenvalue weighted by Gasteiger charge is 2.30. The van der Waals surface area contributed by atoms with Crippen LogP contribution in [-0.4, -0.2) is 34.9 Å². The van der Waals surface area contributed by atoms with Crippen molar-refractivity contribution in [1.82, 2.24) is 15.1 Å². The first-order valence-corrected chi connectivity index (χ1v) is 10.3. The van der Waals surface area contributed by atoms with Gasteiger partial charge in [-0.3, -0.25) is 9.48 Å². The van der Waals surface area contributed by atoms with E-state index in [4.69, 9.17) is 4.74 Å². The first-order valence-electron chi connectivity index (χ1n) is 10.3. The summed E-state index contributed by atoms with van der Waals surface area (Å²) in [6, 6.07) is 11.3. The topological polar surface area (TPSA) is 68.2 Å². The Bertz CT molecular complexity index is 1090. The van der Waals surface area contributed by atoms with Crippen molar-refractivity contribution in [2.45, 2.75) is 25.1 Å². The Hall–Kier alpha value is -3.33. The average Bonchev–Trinajstić information content (AvgIpc) is 3.20. The summed E-state index contributed by atoms with van der Waals surface area (Å²) in [6.45, 7) is 1.79. The molecule has 1 amide bonds. The molecule has 1 saturated heterocycles. The molecule has 1 aromatic heterocycles. The second kappa shape index (κ2) is 9.04. The summed E-state index contributed by atoms with van der Waals surface area (Å²) in [5.41, 5.74) is 1.43. The van der Waals surface area contributed by atoms with E-state index in [9.17, 15) is 18.0 Å². The zero-order valence-corrected chi connectivity index (χ0v) is 17.4. The number of ether oxygens (including phenoxy) is 1. The van der Waals surface area contributed by atoms with Gasteiger partial charge >= 0.3 is 6.18 Å². The molecule has 6 nitrogen and oxygen atoms in total. The number of nitrogens with one attached hydrogen (secondary N) is 2. The van der Waals surface area contributed by atoms with Gasteiger partial charge in [0.15, 0.2) is 0 Å². The lowest BCUT2D eigenvalue weighted by Crippen LogP contribution is -2.34. The number of halogens is 3. The lowest BCUT2D eigenvalue weighted by molar-refractivity contribution is -0.137. The fourth-order valence-corrected chi connectivity index (χ4v) is 3.66. The highest BCUT2D eigenvalue weighted by molar-refractivity contribution is 6.04. The Kier molecular flexibility index (Phi) is 6.18. The van der Waals surface area contributed by atoms with E-state index in [1.807, 2.05) is 13.1 Å². The SMILES string of the molecule is Cn1nccc1-c1cc(NC(=O)c2ccc(C(F)(F)F)cc2)ccc1OC1CCNCC1. The molecular formula is C23H23F3N4O2. The van der Waals surface area contributed by atoms with Gasteiger partial charge in [0.2, 0.25) is 0 Å². The molecule has 1 aliphatic heterocycles. The van der Waals surface area contributed by atoms with E-state index in [0.717, 1.165) is 61.5 Å². The van der Waals surface area contributed by atoms with Crippen LogP contribution in [0.1, 0.15) is 28.8 Å². The molecular weight excluding hydrogens is 421 g/mol. The van der Waals surface area contributed by atoms with Gasteiger partial charge in [-0.25, -0.2) is 0 Å². The molecule has 0 bridgehead atoms. The van der Waals surface area contributed by atoms with Gasteiger partial charge in [-0.2, -0.15) is 18.3 Å². The minimum Gasteiger partial charge on any atom is -0.490 e. The van der Waals surface area contributed by atoms with Crippen molar-refractivity contribution in [3.05, 3.63) is 65.9 Å². The number of piperidine rings is 1. The lowest BCUT2D eigenvalue weighted by atomic mass is 10.1. The molecule has 9 heteroatoms. The molecule has 0 unspecified atom stereocenters. The molecule has 32 heavy (non-hydrogen) atoms. The highest BCUT2D eigenvalue weighted by Crippen LogP contribution is 2.34. The van der Waals surface area contributed by atoms with Crippen LogP contribution in [-0.2, 0) is 13.2 Å². The van der Waals surface area contributed by atoms with Gasteiger partial charge in [-0.15, -0.1) is 0 Å². The zero-order chi connectivity index (χ0) is 22.7. The number of hydrogen-bond donors (Lipinski definition) is 2. The zero-order valence-electron chi connectivity index (χ0n) is 17.4. The third-order valence-electron chi connectivity index (χ3n) is 5.39. The van der Waals surface area contributed by atoms with Gasteiger partial charge in [0.05, 0.1) is 11.3 Å². The first-order chi connectivity index (χ1) is 15.3. The van der Waals surface area contributed by atoms with E-state index >= 15 is 0 Å². The Morgan fingerprint density at radius 2 is 1.84 bits per heavy atom. The normalized spacial score (nSPS) is 14.9. The molecule has 3 aromatic rings. The summed E-state index contributed by atoms with van der Waals surface area (Å²) in [6.07, 6.45) is -0.876. The number of amides is 1. The van der Waals surface area contributed by atoms with Crippen LogP contribution in [0.2, 0.25) is 0 Å². The third-order valence-corrected chi connectivity index (χ3v) is 5.39. The molecule has 0 spiro atoms. The smallest absolute Gasteiger partial charge is 0.416 e. The van der Waals surface area contributed by atoms with Crippen LogP contribution in [0, 0.1) is 0 Å². The van der Waals surface area contributed by atoms with Crippen molar-refractivity contribution in [2.75, 3.05) is 18.4 Å². The molecule has 4 rings (SSSR count). The van der Waals surface area contributed by atoms with Gasteiger partial charge in [0.1, 0.15) is 11.9 Å². The molecule has 2 N–H and O–H groups in total. The first kappa shape index (κ1) is 21.9. The number of alkyl halides is 3. The molecule has 0 saturated carbocycles. The van der Waals surface area contributed by atoms with E-state index in [1.54, 1.807) is 29.1 Å². The van der Waals surface area contributed by atoms with Gasteiger partial charge in [-0.1, -0.05) is 0 Å². The monoisotopic (exact) mass is 444 g/mol. The predicted molar refractivity (Wildman–Crippen MR) is 115 cm³/mol. The van der Waals surface area contributed by atoms with Crippen LogP contribution in [0.25, 0.3) is 11.3 Å². The van der Waals surface area contributed by atoms with E-state index in [2.05, 4.69) is 15.7 Å². The van der Waals surface area contributed by atoms with Crippen LogP contribution >= 0.6 is 0 Å². The number of nitrogens with zero attached hydrogens (tertiary/aromatic N) is 2. The summed E-state index contributed by atoms with van der Waals surface area (Å²) in [5, 5.41) is 10.3. The maximum atomic E-state index is 12.8. The minimum absolute atomic E-state index is 0.0933. The van der Waals surface area contributed by atoms with Gasteiger partial charge in [0, 0.05) is 30.1 Å². The molecule has 0 radical (unpaired) electrons. The molecule has 1 fully saturated rings. The predicted octanol–water partition coefficient (Wildman–Crippen LogP) is 4.49. The standard InChI is InChI=1S/C23H23F3N4O2/c1-30-20(10-13-28-30)19-14-17(6-7-21(19)32-18-8-11-27-12-9-18)29-22(31)15-2-4-16(5-3-15)23(24,25)26/h2-7,10,13-14,18,27H,8-9,11-12H2,1H3,(H,29,31). The second-order valence-corrected chi connectivity index (χ2v) is 7.65. The van der Waals surface area contributed by atoms with Crippen molar-refractivity contribution in [3.8, 4) is 17.0 Å². The molecule has 0 aliphatic carbocycles. The van der Waals surface area contributed by atoms with Crippen LogP contribution in [0.4, 0.5) is 18.9 Å². The summed E-state index contributed by atoms with van der Waals surface area (Å²) < 4.78 is 46.3. The number of aromatic nitrogens is 2. The molecule has 168 valence electrons. The molecule has 2 heterocycles. The van der Waals surface area contributed by atoms with E-state index < -0.39 is 17.6 Å². The number of carbonyl (C=O) groups is 1. The summed E-state index contributed by atoms with van der Waals surface area (Å²) >= 11 is 0. The van der Waals surface area contributed by atoms with Crippen molar-refractivity contribution >= 4 is 11.6 Å². The highest BCUT2D eigenvalue weighted by atomic mass is 19.4. The second-order valence-electron chi connectivity index (χ2n) is 7.65. The van der Waals surface area contributed by atoms with Crippen molar-refractivity contribution in [3.63, 3.8) is 0 Å². The minimum atomic E-state index is -4.45. The Morgan fingerprint density at radius 1 is 1.12 bits per heavy atom. The van der Waals surface area contributed by atoms with E-state index in [0.29, 0.717) is 11.4 Å². The van der Waals surface area contributed by atoms with Crippen LogP contribution in [0.3, 0.4) is 0 Å². The van der Waals surface area contributed by atoms with Gasteiger partial charge in [-0.05, 0) is 74.5 Å².